The Balaban J connectivity index is 3.66. The Hall–Kier alpha value is -0.610. The third-order valence-electron chi connectivity index (χ3n) is 2.03. The van der Waals surface area contributed by atoms with E-state index in [1.54, 1.807) is 0 Å². The fourth-order valence-corrected chi connectivity index (χ4v) is 1.39. The number of aliphatic hydroxyl groups excluding tert-OH is 2. The summed E-state index contributed by atoms with van der Waals surface area (Å²) < 4.78 is 0. The largest absolute Gasteiger partial charge is 0.396 e. The van der Waals surface area contributed by atoms with E-state index in [9.17, 15) is 4.79 Å². The number of nitrogens with two attached hydrogens (primary N) is 1. The standard InChI is InChI=1S/C9H19NO3/c10-9(13)7-8(3-1-5-11)4-2-6-12/h8,11-12H,1-7H2,(H2,10,13). The molecular formula is C9H19NO3. The van der Waals surface area contributed by atoms with Gasteiger partial charge in [0.2, 0.25) is 5.91 Å². The predicted molar refractivity (Wildman–Crippen MR) is 49.9 cm³/mol. The lowest BCUT2D eigenvalue weighted by Crippen LogP contribution is -2.17. The summed E-state index contributed by atoms with van der Waals surface area (Å²) in [6, 6.07) is 0. The van der Waals surface area contributed by atoms with E-state index < -0.39 is 0 Å². The van der Waals surface area contributed by atoms with Gasteiger partial charge in [-0.3, -0.25) is 4.79 Å². The molecule has 0 fully saturated rings. The van der Waals surface area contributed by atoms with E-state index in [1.165, 1.54) is 0 Å². The Bertz CT molecular complexity index is 131. The van der Waals surface area contributed by atoms with Crippen molar-refractivity contribution < 1.29 is 15.0 Å². The van der Waals surface area contributed by atoms with Gasteiger partial charge in [-0.1, -0.05) is 0 Å². The first-order chi connectivity index (χ1) is 6.20. The van der Waals surface area contributed by atoms with Crippen LogP contribution in [0.2, 0.25) is 0 Å². The Labute approximate surface area is 78.7 Å². The van der Waals surface area contributed by atoms with E-state index in [0.717, 1.165) is 12.8 Å². The highest BCUT2D eigenvalue weighted by atomic mass is 16.3. The molecule has 0 spiro atoms. The zero-order chi connectivity index (χ0) is 10.1. The van der Waals surface area contributed by atoms with Crippen LogP contribution in [0.5, 0.6) is 0 Å². The molecule has 4 N–H and O–H groups in total. The summed E-state index contributed by atoms with van der Waals surface area (Å²) in [6.07, 6.45) is 3.37. The molecule has 0 aromatic carbocycles. The van der Waals surface area contributed by atoms with E-state index in [-0.39, 0.29) is 25.0 Å². The summed E-state index contributed by atoms with van der Waals surface area (Å²) in [7, 11) is 0. The molecular weight excluding hydrogens is 170 g/mol. The average Bonchev–Trinajstić information content (AvgIpc) is 2.09. The summed E-state index contributed by atoms with van der Waals surface area (Å²) in [5.74, 6) is -0.0855. The van der Waals surface area contributed by atoms with E-state index in [0.29, 0.717) is 19.3 Å². The molecule has 0 radical (unpaired) electrons. The molecule has 1 amide bonds. The quantitative estimate of drug-likeness (QED) is 0.503. The number of carbonyl (C=O) groups excluding carboxylic acids is 1. The number of primary amides is 1. The Morgan fingerprint density at radius 2 is 1.62 bits per heavy atom. The molecule has 0 aliphatic heterocycles. The summed E-state index contributed by atoms with van der Waals surface area (Å²) in [5, 5.41) is 17.2. The maximum absolute atomic E-state index is 10.6. The smallest absolute Gasteiger partial charge is 0.217 e. The number of hydrogen-bond acceptors (Lipinski definition) is 3. The minimum atomic E-state index is -0.305. The van der Waals surface area contributed by atoms with Crippen molar-refractivity contribution in [2.24, 2.45) is 11.7 Å². The van der Waals surface area contributed by atoms with Gasteiger partial charge in [-0.2, -0.15) is 0 Å². The van der Waals surface area contributed by atoms with Crippen molar-refractivity contribution in [3.05, 3.63) is 0 Å². The number of aliphatic hydroxyl groups is 2. The fourth-order valence-electron chi connectivity index (χ4n) is 1.39. The molecule has 0 atom stereocenters. The maximum atomic E-state index is 10.6. The maximum Gasteiger partial charge on any atom is 0.217 e. The first kappa shape index (κ1) is 12.4. The van der Waals surface area contributed by atoms with Gasteiger partial charge in [0.05, 0.1) is 0 Å². The lowest BCUT2D eigenvalue weighted by Gasteiger charge is -2.13. The molecule has 0 rings (SSSR count). The Morgan fingerprint density at radius 1 is 1.15 bits per heavy atom. The van der Waals surface area contributed by atoms with Crippen LogP contribution >= 0.6 is 0 Å². The van der Waals surface area contributed by atoms with Crippen LogP contribution in [-0.4, -0.2) is 29.3 Å². The van der Waals surface area contributed by atoms with Crippen LogP contribution < -0.4 is 5.73 Å². The second-order valence-corrected chi connectivity index (χ2v) is 3.27. The van der Waals surface area contributed by atoms with Crippen LogP contribution in [0.25, 0.3) is 0 Å². The Morgan fingerprint density at radius 3 is 1.92 bits per heavy atom. The van der Waals surface area contributed by atoms with E-state index >= 15 is 0 Å². The second kappa shape index (κ2) is 8.01. The zero-order valence-electron chi connectivity index (χ0n) is 7.91. The molecule has 78 valence electrons. The van der Waals surface area contributed by atoms with Crippen LogP contribution in [0.4, 0.5) is 0 Å². The van der Waals surface area contributed by atoms with Gasteiger partial charge in [-0.15, -0.1) is 0 Å². The SMILES string of the molecule is NC(=O)CC(CCCO)CCCO. The molecule has 0 saturated heterocycles. The van der Waals surface area contributed by atoms with Crippen molar-refractivity contribution in [3.8, 4) is 0 Å². The van der Waals surface area contributed by atoms with E-state index in [1.807, 2.05) is 0 Å². The monoisotopic (exact) mass is 189 g/mol. The average molecular weight is 189 g/mol. The third-order valence-corrected chi connectivity index (χ3v) is 2.03. The number of amides is 1. The first-order valence-corrected chi connectivity index (χ1v) is 4.70. The number of carbonyl (C=O) groups is 1. The van der Waals surface area contributed by atoms with Gasteiger partial charge in [0, 0.05) is 19.6 Å². The highest BCUT2D eigenvalue weighted by molar-refractivity contribution is 5.73. The minimum Gasteiger partial charge on any atom is -0.396 e. The number of hydrogen-bond donors (Lipinski definition) is 3. The van der Waals surface area contributed by atoms with E-state index in [2.05, 4.69) is 0 Å². The molecule has 0 aromatic rings. The molecule has 13 heavy (non-hydrogen) atoms. The summed E-state index contributed by atoms with van der Waals surface area (Å²) in [5.41, 5.74) is 5.07. The molecule has 0 bridgehead atoms. The summed E-state index contributed by atoms with van der Waals surface area (Å²) >= 11 is 0. The molecule has 0 aliphatic carbocycles. The van der Waals surface area contributed by atoms with Gasteiger partial charge >= 0.3 is 0 Å². The van der Waals surface area contributed by atoms with Crippen LogP contribution in [0.3, 0.4) is 0 Å². The molecule has 0 unspecified atom stereocenters. The van der Waals surface area contributed by atoms with Gasteiger partial charge in [0.25, 0.3) is 0 Å². The van der Waals surface area contributed by atoms with Crippen molar-refractivity contribution in [2.75, 3.05) is 13.2 Å². The van der Waals surface area contributed by atoms with Gasteiger partial charge in [-0.05, 0) is 31.6 Å². The van der Waals surface area contributed by atoms with Crippen LogP contribution in [-0.2, 0) is 4.79 Å². The third kappa shape index (κ3) is 7.74. The molecule has 0 aliphatic rings. The minimum absolute atomic E-state index is 0.147. The van der Waals surface area contributed by atoms with E-state index in [4.69, 9.17) is 15.9 Å². The highest BCUT2D eigenvalue weighted by Gasteiger charge is 2.10. The van der Waals surface area contributed by atoms with Gasteiger partial charge in [0.15, 0.2) is 0 Å². The van der Waals surface area contributed by atoms with Gasteiger partial charge in [-0.25, -0.2) is 0 Å². The fraction of sp³-hybridized carbons (Fsp3) is 0.889. The van der Waals surface area contributed by atoms with Gasteiger partial charge in [0.1, 0.15) is 0 Å². The second-order valence-electron chi connectivity index (χ2n) is 3.27. The van der Waals surface area contributed by atoms with Crippen molar-refractivity contribution in [1.29, 1.82) is 0 Å². The lowest BCUT2D eigenvalue weighted by atomic mass is 9.94. The van der Waals surface area contributed by atoms with Crippen molar-refractivity contribution >= 4 is 5.91 Å². The zero-order valence-corrected chi connectivity index (χ0v) is 7.91. The topological polar surface area (TPSA) is 83.6 Å². The summed E-state index contributed by atoms with van der Waals surface area (Å²) in [6.45, 7) is 0.294. The number of rotatable bonds is 8. The van der Waals surface area contributed by atoms with Crippen molar-refractivity contribution in [2.45, 2.75) is 32.1 Å². The van der Waals surface area contributed by atoms with Crippen molar-refractivity contribution in [1.82, 2.24) is 0 Å². The highest BCUT2D eigenvalue weighted by Crippen LogP contribution is 2.16. The van der Waals surface area contributed by atoms with Gasteiger partial charge < -0.3 is 15.9 Å². The Kier molecular flexibility index (Phi) is 7.63. The summed E-state index contributed by atoms with van der Waals surface area (Å²) in [4.78, 5) is 10.6. The van der Waals surface area contributed by atoms with Crippen LogP contribution in [0.15, 0.2) is 0 Å². The molecule has 0 heterocycles. The van der Waals surface area contributed by atoms with Crippen LogP contribution in [0, 0.1) is 5.92 Å². The molecule has 0 saturated carbocycles. The van der Waals surface area contributed by atoms with Crippen LogP contribution in [0.1, 0.15) is 32.1 Å². The predicted octanol–water partition coefficient (Wildman–Crippen LogP) is 0.0230. The molecule has 0 aromatic heterocycles. The lowest BCUT2D eigenvalue weighted by molar-refractivity contribution is -0.119. The van der Waals surface area contributed by atoms with Crippen molar-refractivity contribution in [3.63, 3.8) is 0 Å². The molecule has 4 heteroatoms. The normalized spacial score (nSPS) is 10.7. The molecule has 4 nitrogen and oxygen atoms in total. The first-order valence-electron chi connectivity index (χ1n) is 4.70.